The quantitative estimate of drug-likeness (QED) is 0.672. The molecule has 3 aromatic rings. The molecule has 25 heavy (non-hydrogen) atoms. The van der Waals surface area contributed by atoms with Crippen molar-refractivity contribution in [3.8, 4) is 0 Å². The van der Waals surface area contributed by atoms with Crippen LogP contribution in [0.5, 0.6) is 0 Å². The third-order valence-corrected chi connectivity index (χ3v) is 4.44. The van der Waals surface area contributed by atoms with Crippen molar-refractivity contribution in [1.82, 2.24) is 4.57 Å². The number of anilines is 2. The number of benzene rings is 2. The summed E-state index contributed by atoms with van der Waals surface area (Å²) in [6.07, 6.45) is 1.98. The lowest BCUT2D eigenvalue weighted by molar-refractivity contribution is 0.262. The molecule has 0 fully saturated rings. The Morgan fingerprint density at radius 1 is 1.12 bits per heavy atom. The largest absolute Gasteiger partial charge is 0.420 e. The summed E-state index contributed by atoms with van der Waals surface area (Å²) in [7, 11) is 0. The minimum Gasteiger partial charge on any atom is -0.408 e. The lowest BCUT2D eigenvalue weighted by atomic mass is 10.2. The lowest BCUT2D eigenvalue weighted by Crippen LogP contribution is -2.19. The number of nitrogens with zero attached hydrogens (tertiary/aromatic N) is 1. The van der Waals surface area contributed by atoms with Gasteiger partial charge in [-0.15, -0.1) is 11.8 Å². The first-order chi connectivity index (χ1) is 12.0. The van der Waals surface area contributed by atoms with Crippen LogP contribution in [0.15, 0.2) is 56.6 Å². The van der Waals surface area contributed by atoms with Crippen LogP contribution in [-0.4, -0.2) is 16.9 Å². The van der Waals surface area contributed by atoms with Crippen LogP contribution in [0.3, 0.4) is 0 Å². The van der Waals surface area contributed by atoms with Gasteiger partial charge in [0.1, 0.15) is 0 Å². The number of carbonyl (C=O) groups is 1. The van der Waals surface area contributed by atoms with E-state index < -0.39 is 5.76 Å². The summed E-state index contributed by atoms with van der Waals surface area (Å²) in [5.41, 5.74) is 2.41. The van der Waals surface area contributed by atoms with Crippen LogP contribution in [-0.2, 0) is 0 Å². The molecule has 0 aliphatic heterocycles. The predicted octanol–water partition coefficient (Wildman–Crippen LogP) is 4.54. The SMILES string of the molecule is CSc1cccc(NC(=O)Nc2ccc3c(c2)oc(=O)n3C(C)C)c1. The minimum atomic E-state index is -0.402. The highest BCUT2D eigenvalue weighted by atomic mass is 32.2. The van der Waals surface area contributed by atoms with Gasteiger partial charge >= 0.3 is 11.8 Å². The predicted molar refractivity (Wildman–Crippen MR) is 102 cm³/mol. The number of fused-ring (bicyclic) bond motifs is 1. The van der Waals surface area contributed by atoms with E-state index in [1.54, 1.807) is 34.5 Å². The number of rotatable bonds is 4. The monoisotopic (exact) mass is 357 g/mol. The summed E-state index contributed by atoms with van der Waals surface area (Å²) >= 11 is 1.61. The second-order valence-electron chi connectivity index (χ2n) is 5.83. The molecule has 2 N–H and O–H groups in total. The highest BCUT2D eigenvalue weighted by molar-refractivity contribution is 7.98. The molecule has 0 spiro atoms. The van der Waals surface area contributed by atoms with E-state index in [0.29, 0.717) is 22.5 Å². The van der Waals surface area contributed by atoms with Crippen LogP contribution in [0.4, 0.5) is 16.2 Å². The Labute approximate surface area is 149 Å². The van der Waals surface area contributed by atoms with Crippen molar-refractivity contribution in [2.75, 3.05) is 16.9 Å². The summed E-state index contributed by atoms with van der Waals surface area (Å²) in [4.78, 5) is 25.1. The summed E-state index contributed by atoms with van der Waals surface area (Å²) in [5.74, 6) is -0.402. The third kappa shape index (κ3) is 3.71. The number of thioether (sulfide) groups is 1. The zero-order chi connectivity index (χ0) is 18.0. The summed E-state index contributed by atoms with van der Waals surface area (Å²) in [6.45, 7) is 3.83. The van der Waals surface area contributed by atoms with E-state index in [0.717, 1.165) is 4.90 Å². The van der Waals surface area contributed by atoms with Crippen molar-refractivity contribution in [3.63, 3.8) is 0 Å². The van der Waals surface area contributed by atoms with Gasteiger partial charge in [-0.25, -0.2) is 9.59 Å². The van der Waals surface area contributed by atoms with E-state index in [4.69, 9.17) is 4.42 Å². The van der Waals surface area contributed by atoms with Gasteiger partial charge in [-0.3, -0.25) is 4.57 Å². The zero-order valence-electron chi connectivity index (χ0n) is 14.2. The Morgan fingerprint density at radius 2 is 1.84 bits per heavy atom. The van der Waals surface area contributed by atoms with Gasteiger partial charge in [0.25, 0.3) is 0 Å². The Kier molecular flexibility index (Phi) is 4.85. The van der Waals surface area contributed by atoms with Crippen LogP contribution in [0, 0.1) is 0 Å². The van der Waals surface area contributed by atoms with Gasteiger partial charge in [0.2, 0.25) is 0 Å². The summed E-state index contributed by atoms with van der Waals surface area (Å²) < 4.78 is 6.84. The average Bonchev–Trinajstić information content (AvgIpc) is 2.90. The molecule has 2 amide bonds. The molecule has 0 saturated carbocycles. The molecule has 2 aromatic carbocycles. The van der Waals surface area contributed by atoms with Crippen LogP contribution in [0.1, 0.15) is 19.9 Å². The molecule has 0 radical (unpaired) electrons. The minimum absolute atomic E-state index is 0.000398. The molecule has 130 valence electrons. The van der Waals surface area contributed by atoms with E-state index in [9.17, 15) is 9.59 Å². The normalized spacial score (nSPS) is 11.0. The molecule has 0 saturated heterocycles. The number of aromatic nitrogens is 1. The first-order valence-electron chi connectivity index (χ1n) is 7.85. The summed E-state index contributed by atoms with van der Waals surface area (Å²) in [5, 5.41) is 5.54. The van der Waals surface area contributed by atoms with Gasteiger partial charge in [0.05, 0.1) is 5.52 Å². The summed E-state index contributed by atoms with van der Waals surface area (Å²) in [6, 6.07) is 12.4. The second-order valence-corrected chi connectivity index (χ2v) is 6.70. The van der Waals surface area contributed by atoms with Gasteiger partial charge in [-0.1, -0.05) is 6.07 Å². The molecule has 0 unspecified atom stereocenters. The maximum Gasteiger partial charge on any atom is 0.420 e. The number of oxazole rings is 1. The molecule has 1 aromatic heterocycles. The van der Waals surface area contributed by atoms with Crippen LogP contribution < -0.4 is 16.4 Å². The lowest BCUT2D eigenvalue weighted by Gasteiger charge is -2.09. The van der Waals surface area contributed by atoms with Crippen molar-refractivity contribution in [2.45, 2.75) is 24.8 Å². The molecule has 0 bridgehead atoms. The molecule has 0 aliphatic rings. The van der Waals surface area contributed by atoms with Gasteiger partial charge in [0.15, 0.2) is 5.58 Å². The van der Waals surface area contributed by atoms with Gasteiger partial charge in [-0.2, -0.15) is 0 Å². The maximum absolute atomic E-state index is 12.2. The van der Waals surface area contributed by atoms with Crippen LogP contribution in [0.25, 0.3) is 11.1 Å². The van der Waals surface area contributed by atoms with Crippen LogP contribution in [0.2, 0.25) is 0 Å². The van der Waals surface area contributed by atoms with E-state index in [-0.39, 0.29) is 12.1 Å². The fraction of sp³-hybridized carbons (Fsp3) is 0.222. The fourth-order valence-electron chi connectivity index (χ4n) is 2.60. The highest BCUT2D eigenvalue weighted by Crippen LogP contribution is 2.22. The second kappa shape index (κ2) is 7.06. The van der Waals surface area contributed by atoms with Crippen molar-refractivity contribution in [1.29, 1.82) is 0 Å². The molecule has 7 heteroatoms. The number of nitrogens with one attached hydrogen (secondary N) is 2. The molecule has 3 rings (SSSR count). The van der Waals surface area contributed by atoms with E-state index in [1.807, 2.05) is 44.4 Å². The van der Waals surface area contributed by atoms with E-state index in [2.05, 4.69) is 10.6 Å². The van der Waals surface area contributed by atoms with Crippen molar-refractivity contribution < 1.29 is 9.21 Å². The third-order valence-electron chi connectivity index (χ3n) is 3.72. The topological polar surface area (TPSA) is 76.3 Å². The Balaban J connectivity index is 1.78. The Morgan fingerprint density at radius 3 is 2.52 bits per heavy atom. The molecule has 1 heterocycles. The molecular formula is C18H19N3O3S. The molecule has 0 aliphatic carbocycles. The number of hydrogen-bond donors (Lipinski definition) is 2. The van der Waals surface area contributed by atoms with Crippen LogP contribution >= 0.6 is 11.8 Å². The molecule has 6 nitrogen and oxygen atoms in total. The van der Waals surface area contributed by atoms with Gasteiger partial charge in [0, 0.05) is 28.4 Å². The van der Waals surface area contributed by atoms with Gasteiger partial charge < -0.3 is 15.1 Å². The fourth-order valence-corrected chi connectivity index (χ4v) is 3.06. The maximum atomic E-state index is 12.2. The average molecular weight is 357 g/mol. The standard InChI is InChI=1S/C18H19N3O3S/c1-11(2)21-15-8-7-13(10-16(15)24-18(21)23)20-17(22)19-12-5-4-6-14(9-12)25-3/h4-11H,1-3H3,(H2,19,20,22). The molecular weight excluding hydrogens is 338 g/mol. The zero-order valence-corrected chi connectivity index (χ0v) is 15.0. The van der Waals surface area contributed by atoms with E-state index >= 15 is 0 Å². The van der Waals surface area contributed by atoms with Crippen molar-refractivity contribution in [2.24, 2.45) is 0 Å². The van der Waals surface area contributed by atoms with Gasteiger partial charge in [-0.05, 0) is 50.4 Å². The number of amides is 2. The Bertz CT molecular complexity index is 975. The van der Waals surface area contributed by atoms with E-state index in [1.165, 1.54) is 0 Å². The first kappa shape index (κ1) is 17.2. The smallest absolute Gasteiger partial charge is 0.408 e. The Hall–Kier alpha value is -2.67. The number of urea groups is 1. The van der Waals surface area contributed by atoms with Crippen molar-refractivity contribution in [3.05, 3.63) is 53.0 Å². The molecule has 0 atom stereocenters. The van der Waals surface area contributed by atoms with Crippen molar-refractivity contribution >= 4 is 40.3 Å². The first-order valence-corrected chi connectivity index (χ1v) is 9.07. The number of carbonyl (C=O) groups excluding carboxylic acids is 1. The number of hydrogen-bond acceptors (Lipinski definition) is 4. The highest BCUT2D eigenvalue weighted by Gasteiger charge is 2.13.